The molecule has 0 aliphatic heterocycles. The Kier molecular flexibility index (Phi) is 3.52. The first kappa shape index (κ1) is 12.4. The van der Waals surface area contributed by atoms with Crippen molar-refractivity contribution in [1.82, 2.24) is 10.2 Å². The lowest BCUT2D eigenvalue weighted by Gasteiger charge is -2.03. The zero-order valence-electron chi connectivity index (χ0n) is 9.56. The molecule has 0 fully saturated rings. The van der Waals surface area contributed by atoms with E-state index >= 15 is 0 Å². The van der Waals surface area contributed by atoms with E-state index in [-0.39, 0.29) is 24.3 Å². The maximum Gasteiger partial charge on any atom is 0.253 e. The number of aromatic nitrogens is 2. The summed E-state index contributed by atoms with van der Waals surface area (Å²) in [5.41, 5.74) is 5.54. The van der Waals surface area contributed by atoms with Gasteiger partial charge in [-0.3, -0.25) is 0 Å². The molecule has 0 aliphatic rings. The number of rotatable bonds is 4. The molecule has 0 bridgehead atoms. The highest BCUT2D eigenvalue weighted by molar-refractivity contribution is 5.23. The largest absolute Gasteiger partial charge is 0.484 e. The Morgan fingerprint density at radius 3 is 2.72 bits per heavy atom. The van der Waals surface area contributed by atoms with Gasteiger partial charge in [0, 0.05) is 6.07 Å². The standard InChI is InChI=1S/C11H11F2N3O2/c1-6(14)11-16-15-10(18-11)5-17-7-2-3-8(12)9(13)4-7/h2-4,6H,5,14H2,1H3. The van der Waals surface area contributed by atoms with Crippen LogP contribution >= 0.6 is 0 Å². The van der Waals surface area contributed by atoms with Crippen molar-refractivity contribution >= 4 is 0 Å². The number of ether oxygens (including phenoxy) is 1. The van der Waals surface area contributed by atoms with E-state index in [9.17, 15) is 8.78 Å². The minimum Gasteiger partial charge on any atom is -0.484 e. The van der Waals surface area contributed by atoms with E-state index in [2.05, 4.69) is 10.2 Å². The second-order valence-electron chi connectivity index (χ2n) is 3.69. The number of halogens is 2. The maximum absolute atomic E-state index is 12.9. The predicted molar refractivity (Wildman–Crippen MR) is 57.6 cm³/mol. The highest BCUT2D eigenvalue weighted by Gasteiger charge is 2.10. The summed E-state index contributed by atoms with van der Waals surface area (Å²) < 4.78 is 35.9. The Bertz CT molecular complexity index is 543. The van der Waals surface area contributed by atoms with Crippen molar-refractivity contribution < 1.29 is 17.9 Å². The average Bonchev–Trinajstić information content (AvgIpc) is 2.79. The van der Waals surface area contributed by atoms with Crippen LogP contribution in [0, 0.1) is 11.6 Å². The van der Waals surface area contributed by atoms with Crippen LogP contribution in [-0.2, 0) is 6.61 Å². The van der Waals surface area contributed by atoms with Gasteiger partial charge in [-0.25, -0.2) is 8.78 Å². The summed E-state index contributed by atoms with van der Waals surface area (Å²) in [5, 5.41) is 7.41. The molecule has 0 saturated heterocycles. The quantitative estimate of drug-likeness (QED) is 0.903. The van der Waals surface area contributed by atoms with Gasteiger partial charge in [0.15, 0.2) is 18.2 Å². The smallest absolute Gasteiger partial charge is 0.253 e. The molecule has 0 amide bonds. The van der Waals surface area contributed by atoms with Gasteiger partial charge < -0.3 is 14.9 Å². The number of hydrogen-bond acceptors (Lipinski definition) is 5. The molecule has 96 valence electrons. The lowest BCUT2D eigenvalue weighted by atomic mass is 10.3. The third-order valence-electron chi connectivity index (χ3n) is 2.13. The Morgan fingerprint density at radius 2 is 2.11 bits per heavy atom. The minimum atomic E-state index is -0.978. The second kappa shape index (κ2) is 5.09. The van der Waals surface area contributed by atoms with Crippen molar-refractivity contribution in [2.75, 3.05) is 0 Å². The second-order valence-corrected chi connectivity index (χ2v) is 3.69. The van der Waals surface area contributed by atoms with E-state index in [0.717, 1.165) is 12.1 Å². The number of hydrogen-bond donors (Lipinski definition) is 1. The molecule has 0 saturated carbocycles. The first-order valence-corrected chi connectivity index (χ1v) is 5.22. The molecule has 1 aromatic heterocycles. The Morgan fingerprint density at radius 1 is 1.33 bits per heavy atom. The first-order valence-electron chi connectivity index (χ1n) is 5.22. The summed E-state index contributed by atoms with van der Waals surface area (Å²) in [6.45, 7) is 1.66. The maximum atomic E-state index is 12.9. The molecule has 5 nitrogen and oxygen atoms in total. The summed E-state index contributed by atoms with van der Waals surface area (Å²) in [6.07, 6.45) is 0. The molecule has 18 heavy (non-hydrogen) atoms. The summed E-state index contributed by atoms with van der Waals surface area (Å²) in [4.78, 5) is 0. The highest BCUT2D eigenvalue weighted by Crippen LogP contribution is 2.17. The molecular formula is C11H11F2N3O2. The Balaban J connectivity index is 2.00. The minimum absolute atomic E-state index is 0.0369. The molecule has 2 N–H and O–H groups in total. The van der Waals surface area contributed by atoms with Crippen LogP contribution in [0.25, 0.3) is 0 Å². The molecule has 7 heteroatoms. The van der Waals surface area contributed by atoms with Gasteiger partial charge in [0.2, 0.25) is 5.89 Å². The summed E-state index contributed by atoms with van der Waals surface area (Å²) >= 11 is 0. The van der Waals surface area contributed by atoms with Crippen molar-refractivity contribution in [2.24, 2.45) is 5.73 Å². The van der Waals surface area contributed by atoms with Crippen LogP contribution in [0.5, 0.6) is 5.75 Å². The van der Waals surface area contributed by atoms with Crippen LogP contribution < -0.4 is 10.5 Å². The molecule has 2 aromatic rings. The average molecular weight is 255 g/mol. The van der Waals surface area contributed by atoms with E-state index < -0.39 is 11.6 Å². The normalized spacial score (nSPS) is 12.4. The zero-order valence-corrected chi connectivity index (χ0v) is 9.56. The van der Waals surface area contributed by atoms with Crippen molar-refractivity contribution in [2.45, 2.75) is 19.6 Å². The van der Waals surface area contributed by atoms with Crippen LogP contribution in [0.4, 0.5) is 8.78 Å². The van der Waals surface area contributed by atoms with E-state index in [0.29, 0.717) is 5.89 Å². The molecule has 0 spiro atoms. The van der Waals surface area contributed by atoms with E-state index in [1.165, 1.54) is 6.07 Å². The number of benzene rings is 1. The Hall–Kier alpha value is -2.02. The molecule has 1 aromatic carbocycles. The molecule has 0 aliphatic carbocycles. The molecule has 1 atom stereocenters. The Labute approximate surface area is 102 Å². The van der Waals surface area contributed by atoms with Crippen molar-refractivity contribution in [1.29, 1.82) is 0 Å². The first-order chi connectivity index (χ1) is 8.56. The summed E-state index contributed by atoms with van der Waals surface area (Å²) in [5.74, 6) is -1.23. The van der Waals surface area contributed by atoms with Gasteiger partial charge in [-0.15, -0.1) is 10.2 Å². The van der Waals surface area contributed by atoms with Crippen LogP contribution in [-0.4, -0.2) is 10.2 Å². The highest BCUT2D eigenvalue weighted by atomic mass is 19.2. The van der Waals surface area contributed by atoms with Gasteiger partial charge in [-0.2, -0.15) is 0 Å². The van der Waals surface area contributed by atoms with E-state index in [1.807, 2.05) is 0 Å². The SMILES string of the molecule is CC(N)c1nnc(COc2ccc(F)c(F)c2)o1. The summed E-state index contributed by atoms with van der Waals surface area (Å²) in [6, 6.07) is 2.86. The fraction of sp³-hybridized carbons (Fsp3) is 0.273. The number of nitrogens with two attached hydrogens (primary N) is 1. The van der Waals surface area contributed by atoms with Crippen LogP contribution in [0.2, 0.25) is 0 Å². The van der Waals surface area contributed by atoms with Crippen LogP contribution in [0.3, 0.4) is 0 Å². The van der Waals surface area contributed by atoms with E-state index in [4.69, 9.17) is 14.9 Å². The molecule has 0 radical (unpaired) electrons. The molecule has 1 heterocycles. The molecule has 1 unspecified atom stereocenters. The topological polar surface area (TPSA) is 74.2 Å². The van der Waals surface area contributed by atoms with Gasteiger partial charge >= 0.3 is 0 Å². The van der Waals surface area contributed by atoms with Crippen LogP contribution in [0.1, 0.15) is 24.7 Å². The predicted octanol–water partition coefficient (Wildman–Crippen LogP) is 1.95. The fourth-order valence-corrected chi connectivity index (χ4v) is 1.22. The van der Waals surface area contributed by atoms with Gasteiger partial charge in [-0.1, -0.05) is 0 Å². The number of nitrogens with zero attached hydrogens (tertiary/aromatic N) is 2. The van der Waals surface area contributed by atoms with Crippen molar-refractivity contribution in [3.8, 4) is 5.75 Å². The van der Waals surface area contributed by atoms with Crippen LogP contribution in [0.15, 0.2) is 22.6 Å². The fourth-order valence-electron chi connectivity index (χ4n) is 1.22. The third kappa shape index (κ3) is 2.80. The van der Waals surface area contributed by atoms with Gasteiger partial charge in [0.1, 0.15) is 5.75 Å². The molecular weight excluding hydrogens is 244 g/mol. The monoisotopic (exact) mass is 255 g/mol. The van der Waals surface area contributed by atoms with Crippen molar-refractivity contribution in [3.05, 3.63) is 41.6 Å². The van der Waals surface area contributed by atoms with Gasteiger partial charge in [0.25, 0.3) is 5.89 Å². The lowest BCUT2D eigenvalue weighted by Crippen LogP contribution is -2.04. The zero-order chi connectivity index (χ0) is 13.1. The van der Waals surface area contributed by atoms with Crippen molar-refractivity contribution in [3.63, 3.8) is 0 Å². The molecule has 2 rings (SSSR count). The third-order valence-corrected chi connectivity index (χ3v) is 2.13. The van der Waals surface area contributed by atoms with Gasteiger partial charge in [-0.05, 0) is 19.1 Å². The summed E-state index contributed by atoms with van der Waals surface area (Å²) in [7, 11) is 0. The lowest BCUT2D eigenvalue weighted by molar-refractivity contribution is 0.255. The van der Waals surface area contributed by atoms with E-state index in [1.54, 1.807) is 6.92 Å². The van der Waals surface area contributed by atoms with Gasteiger partial charge in [0.05, 0.1) is 6.04 Å².